The largest absolute Gasteiger partial charge is 0.380 e. The molecule has 2 aromatic rings. The Morgan fingerprint density at radius 3 is 2.95 bits per heavy atom. The van der Waals surface area contributed by atoms with Crippen molar-refractivity contribution in [1.82, 2.24) is 9.55 Å². The number of alkyl halides is 1. The first-order valence-electron chi connectivity index (χ1n) is 6.76. The number of aromatic nitrogens is 2. The molecule has 0 radical (unpaired) electrons. The van der Waals surface area contributed by atoms with Crippen molar-refractivity contribution in [3.8, 4) is 6.07 Å². The van der Waals surface area contributed by atoms with Crippen molar-refractivity contribution in [3.05, 3.63) is 29.6 Å². The molecule has 1 aromatic carbocycles. The summed E-state index contributed by atoms with van der Waals surface area (Å²) in [5.74, 6) is 1.47. The van der Waals surface area contributed by atoms with Gasteiger partial charge in [-0.05, 0) is 32.0 Å². The van der Waals surface area contributed by atoms with E-state index >= 15 is 0 Å². The van der Waals surface area contributed by atoms with E-state index in [9.17, 15) is 0 Å². The molecule has 0 aliphatic rings. The number of hydrogen-bond donors (Lipinski definition) is 0. The van der Waals surface area contributed by atoms with E-state index in [1.807, 2.05) is 19.1 Å². The van der Waals surface area contributed by atoms with E-state index in [-0.39, 0.29) is 6.04 Å². The molecule has 4 nitrogen and oxygen atoms in total. The lowest BCUT2D eigenvalue weighted by atomic mass is 10.2. The Morgan fingerprint density at radius 2 is 2.30 bits per heavy atom. The van der Waals surface area contributed by atoms with E-state index in [1.165, 1.54) is 0 Å². The average Bonchev–Trinajstić information content (AvgIpc) is 2.82. The zero-order valence-corrected chi connectivity index (χ0v) is 12.5. The van der Waals surface area contributed by atoms with Gasteiger partial charge >= 0.3 is 0 Å². The molecule has 0 N–H and O–H groups in total. The summed E-state index contributed by atoms with van der Waals surface area (Å²) in [6, 6.07) is 7.88. The summed E-state index contributed by atoms with van der Waals surface area (Å²) in [5, 5.41) is 9.05. The molecule has 2 rings (SSSR count). The molecule has 1 atom stereocenters. The summed E-state index contributed by atoms with van der Waals surface area (Å²) >= 11 is 5.87. The summed E-state index contributed by atoms with van der Waals surface area (Å²) in [7, 11) is 0. The smallest absolute Gasteiger partial charge is 0.111 e. The monoisotopic (exact) mass is 291 g/mol. The average molecular weight is 292 g/mol. The van der Waals surface area contributed by atoms with Crippen LogP contribution in [-0.4, -0.2) is 28.6 Å². The second-order valence-electron chi connectivity index (χ2n) is 4.66. The highest BCUT2D eigenvalue weighted by atomic mass is 35.5. The van der Waals surface area contributed by atoms with Crippen molar-refractivity contribution in [2.24, 2.45) is 0 Å². The van der Waals surface area contributed by atoms with Gasteiger partial charge in [-0.2, -0.15) is 5.26 Å². The van der Waals surface area contributed by atoms with Crippen LogP contribution < -0.4 is 0 Å². The minimum atomic E-state index is 0.159. The van der Waals surface area contributed by atoms with Gasteiger partial charge in [0.2, 0.25) is 0 Å². The Hall–Kier alpha value is -1.57. The number of nitriles is 1. The minimum absolute atomic E-state index is 0.159. The molecule has 1 unspecified atom stereocenters. The SMILES string of the molecule is CCOCC(C)n1c(CCCl)nc2ccc(C#N)cc21. The van der Waals surface area contributed by atoms with Crippen molar-refractivity contribution in [1.29, 1.82) is 5.26 Å². The fraction of sp³-hybridized carbons (Fsp3) is 0.467. The van der Waals surface area contributed by atoms with E-state index < -0.39 is 0 Å². The molecule has 20 heavy (non-hydrogen) atoms. The predicted molar refractivity (Wildman–Crippen MR) is 80.1 cm³/mol. The zero-order valence-electron chi connectivity index (χ0n) is 11.8. The van der Waals surface area contributed by atoms with Crippen molar-refractivity contribution >= 4 is 22.6 Å². The number of ether oxygens (including phenoxy) is 1. The molecule has 1 heterocycles. The Bertz CT molecular complexity index is 630. The number of halogens is 1. The highest BCUT2D eigenvalue weighted by Crippen LogP contribution is 2.23. The molecule has 0 bridgehead atoms. The van der Waals surface area contributed by atoms with E-state index in [2.05, 4.69) is 22.5 Å². The second-order valence-corrected chi connectivity index (χ2v) is 5.04. The van der Waals surface area contributed by atoms with E-state index in [0.29, 0.717) is 31.1 Å². The molecule has 0 fully saturated rings. The molecule has 5 heteroatoms. The minimum Gasteiger partial charge on any atom is -0.380 e. The molecule has 106 valence electrons. The number of benzene rings is 1. The van der Waals surface area contributed by atoms with Crippen LogP contribution >= 0.6 is 11.6 Å². The summed E-state index contributed by atoms with van der Waals surface area (Å²) in [6.07, 6.45) is 0.703. The Balaban J connectivity index is 2.51. The van der Waals surface area contributed by atoms with Gasteiger partial charge in [0.1, 0.15) is 5.82 Å². The van der Waals surface area contributed by atoms with Gasteiger partial charge in [-0.15, -0.1) is 11.6 Å². The second kappa shape index (κ2) is 6.74. The highest BCUT2D eigenvalue weighted by molar-refractivity contribution is 6.17. The lowest BCUT2D eigenvalue weighted by Gasteiger charge is -2.17. The number of nitrogens with zero attached hydrogens (tertiary/aromatic N) is 3. The van der Waals surface area contributed by atoms with Crippen molar-refractivity contribution in [2.75, 3.05) is 19.1 Å². The maximum Gasteiger partial charge on any atom is 0.111 e. The van der Waals surface area contributed by atoms with Crippen LogP contribution in [0.3, 0.4) is 0 Å². The van der Waals surface area contributed by atoms with E-state index in [4.69, 9.17) is 21.6 Å². The summed E-state index contributed by atoms with van der Waals surface area (Å²) in [5.41, 5.74) is 2.50. The van der Waals surface area contributed by atoms with Gasteiger partial charge in [-0.3, -0.25) is 0 Å². The van der Waals surface area contributed by atoms with Gasteiger partial charge in [0.25, 0.3) is 0 Å². The third-order valence-electron chi connectivity index (χ3n) is 3.21. The first-order valence-corrected chi connectivity index (χ1v) is 7.29. The summed E-state index contributed by atoms with van der Waals surface area (Å²) in [6.45, 7) is 5.37. The van der Waals surface area contributed by atoms with Crippen molar-refractivity contribution < 1.29 is 4.74 Å². The van der Waals surface area contributed by atoms with Gasteiger partial charge in [0, 0.05) is 18.9 Å². The van der Waals surface area contributed by atoms with Crippen LogP contribution in [0.15, 0.2) is 18.2 Å². The molecule has 0 aliphatic heterocycles. The maximum atomic E-state index is 9.05. The third-order valence-corrected chi connectivity index (χ3v) is 3.40. The van der Waals surface area contributed by atoms with Gasteiger partial charge in [-0.1, -0.05) is 0 Å². The topological polar surface area (TPSA) is 50.8 Å². The third kappa shape index (κ3) is 2.95. The fourth-order valence-corrected chi connectivity index (χ4v) is 2.50. The molecular weight excluding hydrogens is 274 g/mol. The van der Waals surface area contributed by atoms with Crippen LogP contribution in [0.2, 0.25) is 0 Å². The van der Waals surface area contributed by atoms with Crippen molar-refractivity contribution in [3.63, 3.8) is 0 Å². The van der Waals surface area contributed by atoms with E-state index in [0.717, 1.165) is 16.9 Å². The lowest BCUT2D eigenvalue weighted by Crippen LogP contribution is -2.15. The molecule has 0 spiro atoms. The number of aryl methyl sites for hydroxylation is 1. The Morgan fingerprint density at radius 1 is 1.50 bits per heavy atom. The standard InChI is InChI=1S/C15H18ClN3O/c1-3-20-10-11(2)19-14-8-12(9-17)4-5-13(14)18-15(19)6-7-16/h4-5,8,11H,3,6-7,10H2,1-2H3. The number of fused-ring (bicyclic) bond motifs is 1. The number of hydrogen-bond acceptors (Lipinski definition) is 3. The first kappa shape index (κ1) is 14.8. The lowest BCUT2D eigenvalue weighted by molar-refractivity contribution is 0.119. The predicted octanol–water partition coefficient (Wildman–Crippen LogP) is 3.29. The highest BCUT2D eigenvalue weighted by Gasteiger charge is 2.16. The summed E-state index contributed by atoms with van der Waals surface area (Å²) in [4.78, 5) is 4.62. The molecule has 0 amide bonds. The fourth-order valence-electron chi connectivity index (χ4n) is 2.33. The zero-order chi connectivity index (χ0) is 14.5. The first-order chi connectivity index (χ1) is 9.71. The van der Waals surface area contributed by atoms with Crippen LogP contribution in [0, 0.1) is 11.3 Å². The molecule has 0 aliphatic carbocycles. The summed E-state index contributed by atoms with van der Waals surface area (Å²) < 4.78 is 7.64. The van der Waals surface area contributed by atoms with E-state index in [1.54, 1.807) is 6.07 Å². The van der Waals surface area contributed by atoms with Crippen LogP contribution in [-0.2, 0) is 11.2 Å². The Kier molecular flexibility index (Phi) is 4.99. The van der Waals surface area contributed by atoms with Gasteiger partial charge in [-0.25, -0.2) is 4.98 Å². The maximum absolute atomic E-state index is 9.05. The van der Waals surface area contributed by atoms with Crippen molar-refractivity contribution in [2.45, 2.75) is 26.3 Å². The molecule has 0 saturated heterocycles. The molecule has 1 aromatic heterocycles. The normalized spacial score (nSPS) is 12.5. The van der Waals surface area contributed by atoms with Crippen LogP contribution in [0.1, 0.15) is 31.3 Å². The van der Waals surface area contributed by atoms with Crippen LogP contribution in [0.5, 0.6) is 0 Å². The van der Waals surface area contributed by atoms with Gasteiger partial charge in [0.05, 0.1) is 35.3 Å². The van der Waals surface area contributed by atoms with Gasteiger partial charge in [0.15, 0.2) is 0 Å². The quantitative estimate of drug-likeness (QED) is 0.767. The van der Waals surface area contributed by atoms with Crippen LogP contribution in [0.4, 0.5) is 0 Å². The number of rotatable bonds is 6. The Labute approximate surface area is 123 Å². The van der Waals surface area contributed by atoms with Crippen LogP contribution in [0.25, 0.3) is 11.0 Å². The van der Waals surface area contributed by atoms with Gasteiger partial charge < -0.3 is 9.30 Å². The molecular formula is C15H18ClN3O. The molecule has 0 saturated carbocycles. The number of imidazole rings is 1.